The number of likely N-dealkylation sites (N-methyl/N-ethyl adjacent to an activating group) is 4. The second kappa shape index (κ2) is 23.5. The SMILES string of the molecule is CNC(=O)C(N)CCC(=O)O.CNC(=O)C([NH3+])CCC(=O)[O-].CNC(=O)C1CCC(=O)N1.CNC(=O)C1CCC([O-])(O)[NH2+]1.O. The molecule has 0 spiro atoms. The third-order valence-corrected chi connectivity index (χ3v) is 5.98. The molecule has 0 aromatic heterocycles. The molecule has 0 aromatic rings. The number of hydrogen-bond donors (Lipinski definition) is 10. The predicted octanol–water partition coefficient (Wildman–Crippen LogP) is -9.55. The van der Waals surface area contributed by atoms with Gasteiger partial charge in [-0.25, -0.2) is 0 Å². The van der Waals surface area contributed by atoms with Crippen molar-refractivity contribution in [3.8, 4) is 0 Å². The number of carbonyl (C=O) groups excluding carboxylic acids is 6. The number of carboxylic acids is 2. The van der Waals surface area contributed by atoms with Crippen LogP contribution < -0.4 is 53.6 Å². The van der Waals surface area contributed by atoms with Crippen molar-refractivity contribution in [2.45, 2.75) is 81.4 Å². The Balaban J connectivity index is -0.000000506. The zero-order valence-electron chi connectivity index (χ0n) is 25.4. The number of aliphatic carboxylic acids is 2. The van der Waals surface area contributed by atoms with Crippen molar-refractivity contribution in [2.75, 3.05) is 28.2 Å². The molecular formula is C24H48N8O12. The third-order valence-electron chi connectivity index (χ3n) is 5.98. The number of hydrogen-bond acceptors (Lipinski definition) is 11. The Morgan fingerprint density at radius 3 is 1.91 bits per heavy atom. The van der Waals surface area contributed by atoms with Crippen molar-refractivity contribution in [1.82, 2.24) is 26.6 Å². The monoisotopic (exact) mass is 640 g/mol. The first-order chi connectivity index (χ1) is 19.9. The third kappa shape index (κ3) is 20.9. The van der Waals surface area contributed by atoms with Crippen LogP contribution in [0.5, 0.6) is 0 Å². The lowest BCUT2D eigenvalue weighted by Gasteiger charge is -2.25. The second-order valence-electron chi connectivity index (χ2n) is 9.42. The minimum atomic E-state index is -1.99. The van der Waals surface area contributed by atoms with Gasteiger partial charge in [-0.1, -0.05) is 0 Å². The van der Waals surface area contributed by atoms with Gasteiger partial charge in [-0.2, -0.15) is 0 Å². The highest BCUT2D eigenvalue weighted by molar-refractivity contribution is 5.90. The maximum atomic E-state index is 10.9. The van der Waals surface area contributed by atoms with E-state index in [4.69, 9.17) is 15.9 Å². The lowest BCUT2D eigenvalue weighted by molar-refractivity contribution is -0.900. The first kappa shape index (κ1) is 44.5. The number of nitrogens with two attached hydrogens (primary N) is 2. The normalized spacial score (nSPS) is 20.9. The van der Waals surface area contributed by atoms with Crippen molar-refractivity contribution in [3.05, 3.63) is 0 Å². The largest absolute Gasteiger partial charge is 0.780 e. The summed E-state index contributed by atoms with van der Waals surface area (Å²) in [6.07, 6.45) is 1.87. The number of nitrogens with one attached hydrogen (secondary N) is 5. The average molecular weight is 641 g/mol. The number of aliphatic hydroxyl groups is 1. The molecule has 5 amide bonds. The molecule has 0 saturated carbocycles. The summed E-state index contributed by atoms with van der Waals surface area (Å²) in [7, 11) is 6.02. The maximum absolute atomic E-state index is 10.9. The molecule has 0 bridgehead atoms. The number of carbonyl (C=O) groups is 7. The molecule has 2 heterocycles. The van der Waals surface area contributed by atoms with E-state index in [0.717, 1.165) is 5.32 Å². The first-order valence-electron chi connectivity index (χ1n) is 13.4. The van der Waals surface area contributed by atoms with Crippen molar-refractivity contribution >= 4 is 41.5 Å². The molecule has 2 rings (SSSR count). The highest BCUT2D eigenvalue weighted by Crippen LogP contribution is 2.07. The Bertz CT molecular complexity index is 914. The van der Waals surface area contributed by atoms with E-state index in [1.807, 2.05) is 0 Å². The quantitative estimate of drug-likeness (QED) is 0.0995. The zero-order chi connectivity index (χ0) is 33.8. The fourth-order valence-corrected chi connectivity index (χ4v) is 3.44. The number of carboxylic acid groups (broad SMARTS) is 2. The van der Waals surface area contributed by atoms with Crippen molar-refractivity contribution < 1.29 is 70.5 Å². The van der Waals surface area contributed by atoms with Crippen molar-refractivity contribution in [2.24, 2.45) is 5.73 Å². The first-order valence-corrected chi connectivity index (χ1v) is 13.4. The lowest BCUT2D eigenvalue weighted by atomic mass is 10.1. The summed E-state index contributed by atoms with van der Waals surface area (Å²) in [5, 5.41) is 51.3. The van der Waals surface area contributed by atoms with Gasteiger partial charge in [0, 0.05) is 66.3 Å². The van der Waals surface area contributed by atoms with Crippen LogP contribution in [0.2, 0.25) is 0 Å². The van der Waals surface area contributed by atoms with E-state index in [2.05, 4.69) is 32.3 Å². The summed E-state index contributed by atoms with van der Waals surface area (Å²) in [6, 6.07) is -1.92. The van der Waals surface area contributed by atoms with E-state index in [-0.39, 0.29) is 73.2 Å². The van der Waals surface area contributed by atoms with Crippen LogP contribution >= 0.6 is 0 Å². The molecule has 2 saturated heterocycles. The number of rotatable bonds is 10. The fourth-order valence-electron chi connectivity index (χ4n) is 3.44. The smallest absolute Gasteiger partial charge is 0.303 e. The van der Waals surface area contributed by atoms with E-state index >= 15 is 0 Å². The van der Waals surface area contributed by atoms with Crippen LogP contribution in [-0.4, -0.2) is 115 Å². The van der Waals surface area contributed by atoms with Crippen LogP contribution in [0.1, 0.15) is 51.4 Å². The Morgan fingerprint density at radius 2 is 1.55 bits per heavy atom. The minimum Gasteiger partial charge on any atom is -0.780 e. The Labute approximate surface area is 254 Å². The predicted molar refractivity (Wildman–Crippen MR) is 147 cm³/mol. The summed E-state index contributed by atoms with van der Waals surface area (Å²) >= 11 is 0. The van der Waals surface area contributed by atoms with Crippen LogP contribution in [0.3, 0.4) is 0 Å². The van der Waals surface area contributed by atoms with Gasteiger partial charge in [0.25, 0.3) is 11.8 Å². The van der Waals surface area contributed by atoms with E-state index < -0.39 is 36.0 Å². The van der Waals surface area contributed by atoms with Gasteiger partial charge >= 0.3 is 5.97 Å². The van der Waals surface area contributed by atoms with Gasteiger partial charge in [0.2, 0.25) is 17.7 Å². The van der Waals surface area contributed by atoms with Gasteiger partial charge in [-0.15, -0.1) is 0 Å². The molecule has 20 heteroatoms. The molecule has 0 aliphatic carbocycles. The van der Waals surface area contributed by atoms with Gasteiger partial charge in [-0.3, -0.25) is 28.8 Å². The fraction of sp³-hybridized carbons (Fsp3) is 0.708. The van der Waals surface area contributed by atoms with E-state index in [9.17, 15) is 43.8 Å². The summed E-state index contributed by atoms with van der Waals surface area (Å²) in [5.41, 5.74) is 8.78. The number of quaternary nitrogens is 2. The highest BCUT2D eigenvalue weighted by Gasteiger charge is 2.35. The molecule has 2 fully saturated rings. The second-order valence-corrected chi connectivity index (χ2v) is 9.42. The highest BCUT2D eigenvalue weighted by atomic mass is 16.5. The molecule has 2 aliphatic rings. The van der Waals surface area contributed by atoms with Crippen LogP contribution in [0.4, 0.5) is 0 Å². The molecular weight excluding hydrogens is 592 g/mol. The Kier molecular flexibility index (Phi) is 23.8. The molecule has 20 nitrogen and oxygen atoms in total. The molecule has 256 valence electrons. The topological polar surface area (TPSA) is 368 Å². The van der Waals surface area contributed by atoms with Gasteiger partial charge in [0.1, 0.15) is 12.0 Å². The molecule has 0 radical (unpaired) electrons. The molecule has 16 N–H and O–H groups in total. The number of amides is 5. The summed E-state index contributed by atoms with van der Waals surface area (Å²) in [5.74, 6) is -4.99. The average Bonchev–Trinajstić information content (AvgIpc) is 3.58. The van der Waals surface area contributed by atoms with Gasteiger partial charge < -0.3 is 74.1 Å². The van der Waals surface area contributed by atoms with Crippen molar-refractivity contribution in [3.63, 3.8) is 0 Å². The van der Waals surface area contributed by atoms with Crippen molar-refractivity contribution in [1.29, 1.82) is 0 Å². The molecule has 44 heavy (non-hydrogen) atoms. The Morgan fingerprint density at radius 1 is 1.00 bits per heavy atom. The van der Waals surface area contributed by atoms with Gasteiger partial charge in [0.05, 0.1) is 6.04 Å². The maximum Gasteiger partial charge on any atom is 0.303 e. The zero-order valence-corrected chi connectivity index (χ0v) is 25.4. The summed E-state index contributed by atoms with van der Waals surface area (Å²) < 4.78 is 0. The van der Waals surface area contributed by atoms with E-state index in [0.29, 0.717) is 19.3 Å². The minimum absolute atomic E-state index is 0. The lowest BCUT2D eigenvalue weighted by Crippen LogP contribution is -3.03. The summed E-state index contributed by atoms with van der Waals surface area (Å²) in [4.78, 5) is 73.7. The molecule has 2 aliphatic heterocycles. The van der Waals surface area contributed by atoms with Crippen LogP contribution in [0, 0.1) is 0 Å². The van der Waals surface area contributed by atoms with Gasteiger partial charge in [-0.05, 0) is 19.3 Å². The van der Waals surface area contributed by atoms with E-state index in [1.165, 1.54) is 21.1 Å². The van der Waals surface area contributed by atoms with Crippen LogP contribution in [0.25, 0.3) is 0 Å². The van der Waals surface area contributed by atoms with E-state index in [1.54, 1.807) is 7.05 Å². The molecule has 0 aromatic carbocycles. The molecule has 5 atom stereocenters. The summed E-state index contributed by atoms with van der Waals surface area (Å²) in [6.45, 7) is 0. The van der Waals surface area contributed by atoms with Crippen LogP contribution in [-0.2, 0) is 33.6 Å². The van der Waals surface area contributed by atoms with Gasteiger partial charge in [0.15, 0.2) is 12.1 Å². The standard InChI is InChI=1S/C6H11N2O3.2C6H12N2O3.C6H10N2O2.H2O/c1-7-5(9)4-2-3-6(10,11)8-4;2*1-8-6(11)4(7)2-3-5(9)10;1-7-6(10)4-2-3-5(9)8-4;/h4,8,10H,2-3H2,1H3,(H,7,9);2*4H,2-3,7H2,1H3,(H,8,11)(H,9,10);4H,2-3H2,1H3,(H,7,10)(H,8,9);1H2/q-1;;;;/p+1. The van der Waals surface area contributed by atoms with Crippen LogP contribution in [0.15, 0.2) is 0 Å². The Hall–Kier alpha value is -3.95. The molecule has 5 unspecified atom stereocenters.